The predicted molar refractivity (Wildman–Crippen MR) is 50.9 cm³/mol. The van der Waals surface area contributed by atoms with E-state index in [4.69, 9.17) is 5.73 Å². The molecule has 1 saturated carbocycles. The molecular weight excluding hydrogens is 218 g/mol. The Morgan fingerprint density at radius 2 is 2.08 bits per heavy atom. The standard InChI is InChI=1S/C9H10BrNO/c10-6-1-2-8(12)7(5-6)9(11)3-4-9/h1-2,5,12H,3-4,11H2. The van der Waals surface area contributed by atoms with Gasteiger partial charge in [0, 0.05) is 15.6 Å². The molecule has 0 atom stereocenters. The van der Waals surface area contributed by atoms with Gasteiger partial charge in [-0.05, 0) is 31.0 Å². The van der Waals surface area contributed by atoms with Crippen LogP contribution >= 0.6 is 15.9 Å². The molecule has 0 unspecified atom stereocenters. The van der Waals surface area contributed by atoms with Gasteiger partial charge in [-0.2, -0.15) is 0 Å². The van der Waals surface area contributed by atoms with E-state index in [-0.39, 0.29) is 5.54 Å². The molecule has 0 saturated heterocycles. The zero-order valence-corrected chi connectivity index (χ0v) is 8.13. The first-order valence-corrected chi connectivity index (χ1v) is 4.69. The van der Waals surface area contributed by atoms with Crippen LogP contribution in [-0.4, -0.2) is 5.11 Å². The summed E-state index contributed by atoms with van der Waals surface area (Å²) in [5, 5.41) is 9.51. The lowest BCUT2D eigenvalue weighted by Gasteiger charge is -2.11. The average Bonchev–Trinajstić information content (AvgIpc) is 2.75. The van der Waals surface area contributed by atoms with E-state index in [1.807, 2.05) is 12.1 Å². The van der Waals surface area contributed by atoms with E-state index >= 15 is 0 Å². The van der Waals surface area contributed by atoms with Crippen molar-refractivity contribution in [2.75, 3.05) is 0 Å². The Balaban J connectivity index is 2.48. The van der Waals surface area contributed by atoms with E-state index in [1.54, 1.807) is 6.07 Å². The Bertz CT molecular complexity index is 320. The van der Waals surface area contributed by atoms with E-state index in [0.29, 0.717) is 5.75 Å². The molecular formula is C9H10BrNO. The average molecular weight is 228 g/mol. The van der Waals surface area contributed by atoms with Gasteiger partial charge in [0.15, 0.2) is 0 Å². The molecule has 0 aromatic heterocycles. The second-order valence-electron chi connectivity index (χ2n) is 3.32. The maximum atomic E-state index is 9.51. The summed E-state index contributed by atoms with van der Waals surface area (Å²) in [7, 11) is 0. The fourth-order valence-corrected chi connectivity index (χ4v) is 1.67. The monoisotopic (exact) mass is 227 g/mol. The summed E-state index contributed by atoms with van der Waals surface area (Å²) in [6, 6.07) is 5.37. The van der Waals surface area contributed by atoms with Crippen molar-refractivity contribution in [1.82, 2.24) is 0 Å². The molecule has 0 amide bonds. The fourth-order valence-electron chi connectivity index (χ4n) is 1.31. The van der Waals surface area contributed by atoms with Gasteiger partial charge in [0.05, 0.1) is 0 Å². The molecule has 1 aliphatic rings. The van der Waals surface area contributed by atoms with E-state index in [9.17, 15) is 5.11 Å². The van der Waals surface area contributed by atoms with Crippen molar-refractivity contribution < 1.29 is 5.11 Å². The van der Waals surface area contributed by atoms with Crippen LogP contribution in [0.25, 0.3) is 0 Å². The van der Waals surface area contributed by atoms with Crippen LogP contribution in [0.4, 0.5) is 0 Å². The number of aromatic hydroxyl groups is 1. The lowest BCUT2D eigenvalue weighted by Crippen LogP contribution is -2.18. The van der Waals surface area contributed by atoms with Gasteiger partial charge in [0.25, 0.3) is 0 Å². The van der Waals surface area contributed by atoms with Gasteiger partial charge in [-0.3, -0.25) is 0 Å². The Labute approximate surface area is 79.5 Å². The lowest BCUT2D eigenvalue weighted by molar-refractivity contribution is 0.459. The molecule has 0 bridgehead atoms. The quantitative estimate of drug-likeness (QED) is 0.773. The van der Waals surface area contributed by atoms with Crippen LogP contribution in [-0.2, 0) is 5.54 Å². The first-order chi connectivity index (χ1) is 5.62. The van der Waals surface area contributed by atoms with Gasteiger partial charge in [-0.15, -0.1) is 0 Å². The summed E-state index contributed by atoms with van der Waals surface area (Å²) >= 11 is 3.35. The number of rotatable bonds is 1. The zero-order valence-electron chi connectivity index (χ0n) is 6.55. The topological polar surface area (TPSA) is 46.2 Å². The van der Waals surface area contributed by atoms with Crippen LogP contribution in [0.1, 0.15) is 18.4 Å². The third-order valence-electron chi connectivity index (χ3n) is 2.28. The van der Waals surface area contributed by atoms with Crippen molar-refractivity contribution in [2.24, 2.45) is 5.73 Å². The predicted octanol–water partition coefficient (Wildman–Crippen LogP) is 2.10. The third-order valence-corrected chi connectivity index (χ3v) is 2.78. The summed E-state index contributed by atoms with van der Waals surface area (Å²) in [6.07, 6.45) is 1.94. The molecule has 64 valence electrons. The van der Waals surface area contributed by atoms with E-state index in [2.05, 4.69) is 15.9 Å². The molecule has 1 aliphatic carbocycles. The maximum absolute atomic E-state index is 9.51. The van der Waals surface area contributed by atoms with Crippen molar-refractivity contribution in [3.05, 3.63) is 28.2 Å². The van der Waals surface area contributed by atoms with Crippen LogP contribution in [0.3, 0.4) is 0 Å². The Morgan fingerprint density at radius 1 is 1.42 bits per heavy atom. The van der Waals surface area contributed by atoms with E-state index < -0.39 is 0 Å². The van der Waals surface area contributed by atoms with Gasteiger partial charge < -0.3 is 10.8 Å². The van der Waals surface area contributed by atoms with Crippen molar-refractivity contribution in [3.63, 3.8) is 0 Å². The molecule has 1 aromatic rings. The number of phenols is 1. The first kappa shape index (κ1) is 8.08. The zero-order chi connectivity index (χ0) is 8.77. The van der Waals surface area contributed by atoms with Crippen molar-refractivity contribution in [1.29, 1.82) is 0 Å². The third kappa shape index (κ3) is 1.23. The number of hydrogen-bond acceptors (Lipinski definition) is 2. The normalized spacial score (nSPS) is 19.2. The summed E-state index contributed by atoms with van der Waals surface area (Å²) in [5.41, 5.74) is 6.56. The molecule has 1 aromatic carbocycles. The van der Waals surface area contributed by atoms with Gasteiger partial charge in [0.2, 0.25) is 0 Å². The molecule has 0 spiro atoms. The minimum Gasteiger partial charge on any atom is -0.508 e. The highest BCUT2D eigenvalue weighted by Crippen LogP contribution is 2.46. The first-order valence-electron chi connectivity index (χ1n) is 3.90. The highest BCUT2D eigenvalue weighted by molar-refractivity contribution is 9.10. The molecule has 1 fully saturated rings. The van der Waals surface area contributed by atoms with Crippen molar-refractivity contribution in [2.45, 2.75) is 18.4 Å². The van der Waals surface area contributed by atoms with Gasteiger partial charge in [-0.1, -0.05) is 15.9 Å². The van der Waals surface area contributed by atoms with Crippen LogP contribution in [0.15, 0.2) is 22.7 Å². The van der Waals surface area contributed by atoms with E-state index in [1.165, 1.54) is 0 Å². The Morgan fingerprint density at radius 3 is 2.67 bits per heavy atom. The minimum atomic E-state index is -0.256. The van der Waals surface area contributed by atoms with Crippen molar-refractivity contribution in [3.8, 4) is 5.75 Å². The SMILES string of the molecule is NC1(c2cc(Br)ccc2O)CC1. The molecule has 0 heterocycles. The summed E-state index contributed by atoms with van der Waals surface area (Å²) in [5.74, 6) is 0.304. The molecule has 0 radical (unpaired) electrons. The number of hydrogen-bond donors (Lipinski definition) is 2. The van der Waals surface area contributed by atoms with Crippen LogP contribution in [0, 0.1) is 0 Å². The van der Waals surface area contributed by atoms with Gasteiger partial charge in [0.1, 0.15) is 5.75 Å². The highest BCUT2D eigenvalue weighted by Gasteiger charge is 2.41. The number of nitrogens with two attached hydrogens (primary N) is 1. The fraction of sp³-hybridized carbons (Fsp3) is 0.333. The minimum absolute atomic E-state index is 0.256. The van der Waals surface area contributed by atoms with Crippen LogP contribution in [0.5, 0.6) is 5.75 Å². The largest absolute Gasteiger partial charge is 0.508 e. The Hall–Kier alpha value is -0.540. The van der Waals surface area contributed by atoms with Crippen molar-refractivity contribution >= 4 is 15.9 Å². The van der Waals surface area contributed by atoms with E-state index in [0.717, 1.165) is 22.9 Å². The number of phenolic OH excluding ortho intramolecular Hbond substituents is 1. The summed E-state index contributed by atoms with van der Waals surface area (Å²) in [6.45, 7) is 0. The second-order valence-corrected chi connectivity index (χ2v) is 4.23. The van der Waals surface area contributed by atoms with Crippen LogP contribution < -0.4 is 5.73 Å². The molecule has 2 nitrogen and oxygen atoms in total. The smallest absolute Gasteiger partial charge is 0.120 e. The second kappa shape index (κ2) is 2.47. The number of benzene rings is 1. The molecule has 3 N–H and O–H groups in total. The number of halogens is 1. The Kier molecular flexibility index (Phi) is 1.66. The molecule has 2 rings (SSSR count). The summed E-state index contributed by atoms with van der Waals surface area (Å²) in [4.78, 5) is 0. The maximum Gasteiger partial charge on any atom is 0.120 e. The molecule has 12 heavy (non-hydrogen) atoms. The summed E-state index contributed by atoms with van der Waals surface area (Å²) < 4.78 is 0.965. The molecule has 0 aliphatic heterocycles. The van der Waals surface area contributed by atoms with Gasteiger partial charge >= 0.3 is 0 Å². The highest BCUT2D eigenvalue weighted by atomic mass is 79.9. The van der Waals surface area contributed by atoms with Crippen LogP contribution in [0.2, 0.25) is 0 Å². The lowest BCUT2D eigenvalue weighted by atomic mass is 10.1. The molecule has 3 heteroatoms. The van der Waals surface area contributed by atoms with Gasteiger partial charge in [-0.25, -0.2) is 0 Å².